The number of thiol groups is 1. The first-order valence-electron chi connectivity index (χ1n) is 3.43. The molecule has 0 saturated carbocycles. The monoisotopic (exact) mass is 253 g/mol. The molecule has 2 aliphatic rings. The molecule has 0 aromatic heterocycles. The molecule has 0 N–H and O–H groups in total. The van der Waals surface area contributed by atoms with Crippen LogP contribution in [0.2, 0.25) is 0 Å². The van der Waals surface area contributed by atoms with Crippen LogP contribution >= 0.6 is 0 Å². The first-order valence-corrected chi connectivity index (χ1v) is 3.43. The van der Waals surface area contributed by atoms with E-state index in [-0.39, 0.29) is 39.7 Å². The van der Waals surface area contributed by atoms with Gasteiger partial charge in [-0.25, -0.2) is 24.3 Å². The summed E-state index contributed by atoms with van der Waals surface area (Å²) in [7, 11) is 0. The molecule has 2 heteroatoms. The summed E-state index contributed by atoms with van der Waals surface area (Å²) in [6.07, 6.45) is 20.0. The predicted octanol–water partition coefficient (Wildman–Crippen LogP) is 2.34. The number of allylic oxidation sites excluding steroid dienone is 8. The molecule has 0 heterocycles. The van der Waals surface area contributed by atoms with Gasteiger partial charge < -0.3 is 13.5 Å². The van der Waals surface area contributed by atoms with Gasteiger partial charge in [0.15, 0.2) is 0 Å². The predicted molar refractivity (Wildman–Crippen MR) is 51.9 cm³/mol. The Balaban J connectivity index is 0. The van der Waals surface area contributed by atoms with Crippen LogP contribution in [0, 0.1) is 12.2 Å². The van der Waals surface area contributed by atoms with Crippen molar-refractivity contribution in [3.63, 3.8) is 0 Å². The van der Waals surface area contributed by atoms with Crippen LogP contribution in [-0.4, -0.2) is 0 Å². The summed E-state index contributed by atoms with van der Waals surface area (Å²) in [6.45, 7) is 0. The van der Waals surface area contributed by atoms with E-state index < -0.39 is 0 Å². The van der Waals surface area contributed by atoms with E-state index in [2.05, 4.69) is 24.3 Å². The Kier molecular flexibility index (Phi) is 13.7. The maximum Gasteiger partial charge on any atom is 3.00 e. The van der Waals surface area contributed by atoms with E-state index in [9.17, 15) is 0 Å². The molecule has 0 atom stereocenters. The van der Waals surface area contributed by atoms with Crippen molar-refractivity contribution in [1.82, 2.24) is 0 Å². The van der Waals surface area contributed by atoms with E-state index in [0.717, 1.165) is 12.8 Å². The zero-order chi connectivity index (χ0) is 7.07. The van der Waals surface area contributed by atoms with E-state index >= 15 is 0 Å². The quantitative estimate of drug-likeness (QED) is 0.363. The Labute approximate surface area is 101 Å². The van der Waals surface area contributed by atoms with E-state index in [4.69, 9.17) is 0 Å². The van der Waals surface area contributed by atoms with Crippen molar-refractivity contribution in [1.29, 1.82) is 0 Å². The van der Waals surface area contributed by atoms with Crippen molar-refractivity contribution in [2.45, 2.75) is 12.8 Å². The minimum absolute atomic E-state index is 0. The molecule has 0 fully saturated rings. The van der Waals surface area contributed by atoms with Crippen LogP contribution in [0.25, 0.3) is 0 Å². The molecule has 1 radical (unpaired) electrons. The largest absolute Gasteiger partial charge is 3.00 e. The van der Waals surface area contributed by atoms with Crippen molar-refractivity contribution < 1.29 is 26.2 Å². The van der Waals surface area contributed by atoms with Gasteiger partial charge in [0.05, 0.1) is 0 Å². The molecule has 0 aromatic rings. The van der Waals surface area contributed by atoms with Gasteiger partial charge in [0, 0.05) is 0 Å². The Morgan fingerprint density at radius 3 is 1.33 bits per heavy atom. The van der Waals surface area contributed by atoms with Gasteiger partial charge in [0.2, 0.25) is 0 Å². The summed E-state index contributed by atoms with van der Waals surface area (Å²) < 4.78 is 0. The zero-order valence-electron chi connectivity index (χ0n) is 6.83. The first-order chi connectivity index (χ1) is 5.00. The van der Waals surface area contributed by atoms with Crippen LogP contribution in [0.4, 0.5) is 0 Å². The van der Waals surface area contributed by atoms with Gasteiger partial charge in [0.25, 0.3) is 0 Å². The molecule has 0 amide bonds. The molecule has 0 nitrogen and oxygen atoms in total. The molecule has 0 spiro atoms. The summed E-state index contributed by atoms with van der Waals surface area (Å²) in [5.41, 5.74) is 0. The molecular formula is C10H11SZr. The number of rotatable bonds is 0. The molecular weight excluding hydrogens is 243 g/mol. The molecule has 0 aromatic carbocycles. The molecule has 2 aliphatic carbocycles. The van der Waals surface area contributed by atoms with Gasteiger partial charge in [-0.05, 0) is 0 Å². The smallest absolute Gasteiger partial charge is 0.813 e. The van der Waals surface area contributed by atoms with E-state index in [1.54, 1.807) is 0 Å². The van der Waals surface area contributed by atoms with Gasteiger partial charge in [-0.15, -0.1) is 12.8 Å². The van der Waals surface area contributed by atoms with Crippen LogP contribution in [0.15, 0.2) is 36.5 Å². The van der Waals surface area contributed by atoms with Crippen LogP contribution in [0.1, 0.15) is 12.8 Å². The first kappa shape index (κ1) is 14.7. The van der Waals surface area contributed by atoms with Crippen molar-refractivity contribution in [2.24, 2.45) is 0 Å². The van der Waals surface area contributed by atoms with Crippen molar-refractivity contribution in [3.8, 4) is 0 Å². The molecule has 0 unspecified atom stereocenters. The number of hydrogen-bond donors (Lipinski definition) is 0. The normalized spacial score (nSPS) is 14.7. The summed E-state index contributed by atoms with van der Waals surface area (Å²) >= 11 is 0. The zero-order valence-corrected chi connectivity index (χ0v) is 10.2. The fourth-order valence-electron chi connectivity index (χ4n) is 0.680. The van der Waals surface area contributed by atoms with E-state index in [1.807, 2.05) is 24.3 Å². The van der Waals surface area contributed by atoms with Crippen molar-refractivity contribution in [2.75, 3.05) is 0 Å². The van der Waals surface area contributed by atoms with Crippen molar-refractivity contribution in [3.05, 3.63) is 48.6 Å². The van der Waals surface area contributed by atoms with Gasteiger partial charge in [-0.1, -0.05) is 0 Å². The van der Waals surface area contributed by atoms with E-state index in [1.165, 1.54) is 0 Å². The molecule has 61 valence electrons. The summed E-state index contributed by atoms with van der Waals surface area (Å²) in [5, 5.41) is 0. The van der Waals surface area contributed by atoms with Gasteiger partial charge in [0.1, 0.15) is 0 Å². The van der Waals surface area contributed by atoms with Crippen LogP contribution in [0.3, 0.4) is 0 Å². The second kappa shape index (κ2) is 11.2. The third kappa shape index (κ3) is 8.29. The average molecular weight is 254 g/mol. The maximum atomic E-state index is 2.99. The molecule has 0 aliphatic heterocycles. The third-order valence-corrected chi connectivity index (χ3v) is 1.17. The van der Waals surface area contributed by atoms with Crippen molar-refractivity contribution >= 4 is 13.5 Å². The maximum absolute atomic E-state index is 2.99. The van der Waals surface area contributed by atoms with Crippen LogP contribution in [-0.2, 0) is 39.7 Å². The molecule has 2 rings (SSSR count). The SMILES string of the molecule is [C-]1=CC=CC1.[C-]1=CC=CC1.[SH-].[Zr+3]. The Morgan fingerprint density at radius 2 is 1.25 bits per heavy atom. The summed E-state index contributed by atoms with van der Waals surface area (Å²) in [5.74, 6) is 0. The van der Waals surface area contributed by atoms with Gasteiger partial charge in [-0.2, -0.15) is 12.2 Å². The van der Waals surface area contributed by atoms with Crippen LogP contribution < -0.4 is 0 Å². The topological polar surface area (TPSA) is 0 Å². The summed E-state index contributed by atoms with van der Waals surface area (Å²) in [4.78, 5) is 0. The number of hydrogen-bond acceptors (Lipinski definition) is 1. The third-order valence-electron chi connectivity index (χ3n) is 1.17. The Hall–Kier alpha value is 0.193. The van der Waals surface area contributed by atoms with Crippen LogP contribution in [0.5, 0.6) is 0 Å². The van der Waals surface area contributed by atoms with Gasteiger partial charge >= 0.3 is 26.2 Å². The second-order valence-corrected chi connectivity index (χ2v) is 2.01. The Morgan fingerprint density at radius 1 is 0.833 bits per heavy atom. The van der Waals surface area contributed by atoms with Gasteiger partial charge in [-0.3, -0.25) is 12.2 Å². The molecule has 0 saturated heterocycles. The van der Waals surface area contributed by atoms with E-state index in [0.29, 0.717) is 0 Å². The summed E-state index contributed by atoms with van der Waals surface area (Å²) in [6, 6.07) is 0. The fourth-order valence-corrected chi connectivity index (χ4v) is 0.680. The molecule has 12 heavy (non-hydrogen) atoms. The minimum atomic E-state index is 0. The Bertz CT molecular complexity index is 148. The second-order valence-electron chi connectivity index (χ2n) is 2.01. The standard InChI is InChI=1S/2C5H5.H2S.Zr/c2*1-2-4-5-3-1;;/h2*1-3H,4H2;1H2;/q2*-1;;+3/p-1. The minimum Gasteiger partial charge on any atom is -0.813 e. The fraction of sp³-hybridized carbons (Fsp3) is 0.200. The average Bonchev–Trinajstić information content (AvgIpc) is 2.67. The molecule has 0 bridgehead atoms.